The molecular formula is C27H41NO8. The van der Waals surface area contributed by atoms with E-state index >= 15 is 0 Å². The van der Waals surface area contributed by atoms with E-state index in [0.29, 0.717) is 39.4 Å². The highest BCUT2D eigenvalue weighted by molar-refractivity contribution is 5.71. The molecule has 2 fully saturated rings. The first-order chi connectivity index (χ1) is 17.6. The fourth-order valence-corrected chi connectivity index (χ4v) is 4.59. The van der Waals surface area contributed by atoms with E-state index in [4.69, 9.17) is 28.4 Å². The van der Waals surface area contributed by atoms with Crippen LogP contribution in [0.5, 0.6) is 0 Å². The number of ether oxygens (including phenoxy) is 6. The van der Waals surface area contributed by atoms with Crippen molar-refractivity contribution in [2.45, 2.75) is 89.6 Å². The van der Waals surface area contributed by atoms with Crippen LogP contribution < -0.4 is 0 Å². The molecular weight excluding hydrogens is 466 g/mol. The minimum Gasteiger partial charge on any atom is -0.466 e. The lowest BCUT2D eigenvalue weighted by Crippen LogP contribution is -2.61. The summed E-state index contributed by atoms with van der Waals surface area (Å²) in [6, 6.07) is 9.33. The fraction of sp³-hybridized carbons (Fsp3) is 0.704. The van der Waals surface area contributed by atoms with Gasteiger partial charge in [-0.1, -0.05) is 50.1 Å². The van der Waals surface area contributed by atoms with Gasteiger partial charge in [-0.25, -0.2) is 4.79 Å². The first kappa shape index (κ1) is 28.4. The van der Waals surface area contributed by atoms with Crippen LogP contribution in [0.25, 0.3) is 0 Å². The van der Waals surface area contributed by atoms with E-state index in [1.807, 2.05) is 30.3 Å². The maximum absolute atomic E-state index is 13.0. The summed E-state index contributed by atoms with van der Waals surface area (Å²) in [4.78, 5) is 26.2. The van der Waals surface area contributed by atoms with E-state index in [1.54, 1.807) is 18.9 Å². The van der Waals surface area contributed by atoms with E-state index < -0.39 is 36.7 Å². The van der Waals surface area contributed by atoms with Crippen molar-refractivity contribution in [1.82, 2.24) is 4.90 Å². The molecule has 3 rings (SSSR count). The van der Waals surface area contributed by atoms with Crippen LogP contribution in [0.3, 0.4) is 0 Å². The standard InChI is InChI=1S/C27H41NO8/c1-4-6-16-32-19-21-24(34-17-12-8-11-15-22(29)33-5-2)25-23(26(31-3)35-21)28(27(30)36-25)18-20-13-9-7-10-14-20/h7,9-10,13-14,21,23-26H,4-6,8,11-12,15-19H2,1-3H3/t21?,23?,24-,25-,26+/m1/s1. The zero-order valence-electron chi connectivity index (χ0n) is 21.8. The number of nitrogens with zero attached hydrogens (tertiary/aromatic N) is 1. The highest BCUT2D eigenvalue weighted by Crippen LogP contribution is 2.36. The van der Waals surface area contributed by atoms with Gasteiger partial charge in [0, 0.05) is 33.3 Å². The van der Waals surface area contributed by atoms with Crippen LogP contribution in [0.2, 0.25) is 0 Å². The van der Waals surface area contributed by atoms with Crippen molar-refractivity contribution in [3.8, 4) is 0 Å². The van der Waals surface area contributed by atoms with E-state index in [1.165, 1.54) is 0 Å². The van der Waals surface area contributed by atoms with Gasteiger partial charge < -0.3 is 28.4 Å². The summed E-state index contributed by atoms with van der Waals surface area (Å²) >= 11 is 0. The SMILES string of the molecule is CCCCOCC1O[C@H](OC)C2[C@@H](OC(=O)N2Cc2ccccc2)[C@@H]1OCCCCCC(=O)OCC. The molecule has 0 saturated carbocycles. The average molecular weight is 508 g/mol. The average Bonchev–Trinajstić information content (AvgIpc) is 3.20. The minimum absolute atomic E-state index is 0.173. The van der Waals surface area contributed by atoms with Crippen molar-refractivity contribution in [2.24, 2.45) is 0 Å². The molecule has 2 aliphatic rings. The Bertz CT molecular complexity index is 791. The molecule has 0 radical (unpaired) electrons. The Hall–Kier alpha value is -2.20. The highest BCUT2D eigenvalue weighted by atomic mass is 16.7. The van der Waals surface area contributed by atoms with Gasteiger partial charge in [0.05, 0.1) is 13.2 Å². The summed E-state index contributed by atoms with van der Waals surface area (Å²) in [5, 5.41) is 0. The summed E-state index contributed by atoms with van der Waals surface area (Å²) in [5.41, 5.74) is 0.994. The predicted octanol–water partition coefficient (Wildman–Crippen LogP) is 4.07. The Labute approximate surface area is 214 Å². The van der Waals surface area contributed by atoms with Crippen LogP contribution in [0.1, 0.15) is 57.9 Å². The van der Waals surface area contributed by atoms with Gasteiger partial charge in [-0.15, -0.1) is 0 Å². The van der Waals surface area contributed by atoms with Crippen molar-refractivity contribution < 1.29 is 38.0 Å². The molecule has 0 aliphatic carbocycles. The van der Waals surface area contributed by atoms with Crippen LogP contribution in [0.4, 0.5) is 4.79 Å². The number of hydrogen-bond acceptors (Lipinski definition) is 8. The number of fused-ring (bicyclic) bond motifs is 1. The van der Waals surface area contributed by atoms with Gasteiger partial charge in [-0.3, -0.25) is 9.69 Å². The second-order valence-corrected chi connectivity index (χ2v) is 9.11. The molecule has 9 heteroatoms. The maximum atomic E-state index is 13.0. The van der Waals surface area contributed by atoms with Gasteiger partial charge >= 0.3 is 12.1 Å². The molecule has 1 aromatic carbocycles. The number of unbranched alkanes of at least 4 members (excludes halogenated alkanes) is 3. The van der Waals surface area contributed by atoms with Crippen LogP contribution in [-0.4, -0.2) is 81.1 Å². The number of carbonyl (C=O) groups excluding carboxylic acids is 2. The molecule has 36 heavy (non-hydrogen) atoms. The zero-order chi connectivity index (χ0) is 25.8. The number of methoxy groups -OCH3 is 1. The highest BCUT2D eigenvalue weighted by Gasteiger charge is 2.57. The lowest BCUT2D eigenvalue weighted by atomic mass is 9.96. The fourth-order valence-electron chi connectivity index (χ4n) is 4.59. The number of esters is 1. The third-order valence-corrected chi connectivity index (χ3v) is 6.44. The van der Waals surface area contributed by atoms with Crippen LogP contribution in [0.15, 0.2) is 30.3 Å². The van der Waals surface area contributed by atoms with Gasteiger partial charge in [-0.2, -0.15) is 0 Å². The third kappa shape index (κ3) is 7.90. The molecule has 0 aromatic heterocycles. The van der Waals surface area contributed by atoms with E-state index in [2.05, 4.69) is 6.92 Å². The summed E-state index contributed by atoms with van der Waals surface area (Å²) in [6.07, 6.45) is 2.21. The molecule has 9 nitrogen and oxygen atoms in total. The van der Waals surface area contributed by atoms with Crippen LogP contribution in [0, 0.1) is 0 Å². The second-order valence-electron chi connectivity index (χ2n) is 9.11. The largest absolute Gasteiger partial charge is 0.466 e. The number of amides is 1. The van der Waals surface area contributed by atoms with Gasteiger partial charge in [0.15, 0.2) is 12.4 Å². The Balaban J connectivity index is 1.64. The lowest BCUT2D eigenvalue weighted by Gasteiger charge is -2.43. The Morgan fingerprint density at radius 2 is 1.86 bits per heavy atom. The molecule has 0 bridgehead atoms. The van der Waals surface area contributed by atoms with E-state index in [0.717, 1.165) is 37.7 Å². The quantitative estimate of drug-likeness (QED) is 0.244. The summed E-state index contributed by atoms with van der Waals surface area (Å²) < 4.78 is 35.0. The normalized spacial score (nSPS) is 25.5. The van der Waals surface area contributed by atoms with Crippen molar-refractivity contribution in [1.29, 1.82) is 0 Å². The molecule has 1 amide bonds. The predicted molar refractivity (Wildman–Crippen MR) is 132 cm³/mol. The maximum Gasteiger partial charge on any atom is 0.411 e. The molecule has 5 atom stereocenters. The number of hydrogen-bond donors (Lipinski definition) is 0. The molecule has 0 spiro atoms. The molecule has 0 N–H and O–H groups in total. The zero-order valence-corrected chi connectivity index (χ0v) is 21.8. The first-order valence-electron chi connectivity index (χ1n) is 13.1. The van der Waals surface area contributed by atoms with Crippen molar-refractivity contribution in [2.75, 3.05) is 33.5 Å². The molecule has 2 aliphatic heterocycles. The molecule has 2 unspecified atom stereocenters. The van der Waals surface area contributed by atoms with Gasteiger partial charge in [0.25, 0.3) is 0 Å². The van der Waals surface area contributed by atoms with E-state index in [9.17, 15) is 9.59 Å². The number of rotatable bonds is 16. The first-order valence-corrected chi connectivity index (χ1v) is 13.1. The monoisotopic (exact) mass is 507 g/mol. The van der Waals surface area contributed by atoms with Crippen LogP contribution in [-0.2, 0) is 39.8 Å². The van der Waals surface area contributed by atoms with Crippen molar-refractivity contribution >= 4 is 12.1 Å². The Morgan fingerprint density at radius 3 is 2.58 bits per heavy atom. The summed E-state index contributed by atoms with van der Waals surface area (Å²) in [7, 11) is 1.57. The van der Waals surface area contributed by atoms with Gasteiger partial charge in [0.1, 0.15) is 18.2 Å². The molecule has 1 aromatic rings. The van der Waals surface area contributed by atoms with Gasteiger partial charge in [-0.05, 0) is 31.7 Å². The Kier molecular flexibility index (Phi) is 11.9. The van der Waals surface area contributed by atoms with E-state index in [-0.39, 0.29) is 5.97 Å². The molecule has 2 saturated heterocycles. The third-order valence-electron chi connectivity index (χ3n) is 6.44. The van der Waals surface area contributed by atoms with Crippen LogP contribution >= 0.6 is 0 Å². The van der Waals surface area contributed by atoms with Crippen molar-refractivity contribution in [3.05, 3.63) is 35.9 Å². The minimum atomic E-state index is -0.658. The molecule has 202 valence electrons. The number of carbonyl (C=O) groups is 2. The topological polar surface area (TPSA) is 92.8 Å². The van der Waals surface area contributed by atoms with Gasteiger partial charge in [0.2, 0.25) is 0 Å². The molecule has 2 heterocycles. The summed E-state index contributed by atoms with van der Waals surface area (Å²) in [5.74, 6) is -0.173. The smallest absolute Gasteiger partial charge is 0.411 e. The second kappa shape index (κ2) is 15.1. The Morgan fingerprint density at radius 1 is 1.06 bits per heavy atom. The van der Waals surface area contributed by atoms with Crippen molar-refractivity contribution in [3.63, 3.8) is 0 Å². The summed E-state index contributed by atoms with van der Waals surface area (Å²) in [6.45, 7) is 6.12. The lowest BCUT2D eigenvalue weighted by molar-refractivity contribution is -0.270. The number of benzene rings is 1.